The summed E-state index contributed by atoms with van der Waals surface area (Å²) in [6.45, 7) is 2.54. The van der Waals surface area contributed by atoms with Gasteiger partial charge < -0.3 is 0 Å². The second-order valence-corrected chi connectivity index (χ2v) is 8.24. The number of aryl methyl sites for hydroxylation is 1. The van der Waals surface area contributed by atoms with Crippen LogP contribution in [0.25, 0.3) is 11.0 Å². The van der Waals surface area contributed by atoms with Crippen LogP contribution in [0.3, 0.4) is 0 Å². The molecule has 1 aliphatic rings. The summed E-state index contributed by atoms with van der Waals surface area (Å²) in [5, 5.41) is 8.38. The van der Waals surface area contributed by atoms with Crippen molar-refractivity contribution in [3.8, 4) is 0 Å². The van der Waals surface area contributed by atoms with E-state index in [-0.39, 0.29) is 4.90 Å². The summed E-state index contributed by atoms with van der Waals surface area (Å²) in [4.78, 5) is 4.58. The number of halogens is 1. The molecule has 0 aliphatic carbocycles. The first kappa shape index (κ1) is 15.6. The van der Waals surface area contributed by atoms with Crippen molar-refractivity contribution < 1.29 is 8.42 Å². The monoisotopic (exact) mass is 362 g/mol. The van der Waals surface area contributed by atoms with Crippen molar-refractivity contribution in [3.63, 3.8) is 0 Å². The van der Waals surface area contributed by atoms with Crippen LogP contribution in [0, 0.1) is 6.92 Å². The van der Waals surface area contributed by atoms with E-state index in [1.54, 1.807) is 37.5 Å². The zero-order valence-electron chi connectivity index (χ0n) is 13.0. The van der Waals surface area contributed by atoms with Crippen molar-refractivity contribution in [2.75, 3.05) is 6.54 Å². The molecule has 3 heterocycles. The Labute approximate surface area is 144 Å². The highest BCUT2D eigenvalue weighted by Crippen LogP contribution is 2.29. The predicted octanol–water partition coefficient (Wildman–Crippen LogP) is 2.67. The number of hydrogen-bond acceptors (Lipinski definition) is 4. The molecule has 124 valence electrons. The minimum atomic E-state index is -3.56. The highest BCUT2D eigenvalue weighted by molar-refractivity contribution is 7.89. The molecule has 1 N–H and O–H groups in total. The molecule has 0 radical (unpaired) electrons. The first-order valence-electron chi connectivity index (χ1n) is 7.53. The topological polar surface area (TPSA) is 79.0 Å². The highest BCUT2D eigenvalue weighted by Gasteiger charge is 2.29. The fourth-order valence-corrected chi connectivity index (χ4v) is 4.68. The number of rotatable bonds is 2. The van der Waals surface area contributed by atoms with Crippen LogP contribution in [0.2, 0.25) is 5.02 Å². The number of sulfonamides is 1. The highest BCUT2D eigenvalue weighted by atomic mass is 35.5. The number of aromatic nitrogens is 3. The average Bonchev–Trinajstić information content (AvgIpc) is 3.05. The van der Waals surface area contributed by atoms with Crippen LogP contribution in [-0.4, -0.2) is 34.4 Å². The van der Waals surface area contributed by atoms with Gasteiger partial charge in [0.25, 0.3) is 0 Å². The van der Waals surface area contributed by atoms with Gasteiger partial charge in [0.2, 0.25) is 10.0 Å². The van der Waals surface area contributed by atoms with E-state index in [0.717, 1.165) is 27.7 Å². The molecular formula is C16H15ClN4O2S. The Morgan fingerprint density at radius 2 is 2.12 bits per heavy atom. The SMILES string of the molecule is Cc1cc(S(=O)(=O)N2CCc3c(cnc4[nH]ncc34)C2)ccc1Cl. The Bertz CT molecular complexity index is 1050. The summed E-state index contributed by atoms with van der Waals surface area (Å²) in [6.07, 6.45) is 4.11. The van der Waals surface area contributed by atoms with E-state index in [1.165, 1.54) is 4.31 Å². The number of nitrogens with zero attached hydrogens (tertiary/aromatic N) is 3. The second-order valence-electron chi connectivity index (χ2n) is 5.89. The number of fused-ring (bicyclic) bond motifs is 3. The molecule has 3 aromatic rings. The molecule has 0 saturated carbocycles. The summed E-state index contributed by atoms with van der Waals surface area (Å²) in [6, 6.07) is 4.79. The van der Waals surface area contributed by atoms with Crippen LogP contribution < -0.4 is 0 Å². The molecule has 24 heavy (non-hydrogen) atoms. The Morgan fingerprint density at radius 3 is 2.92 bits per heavy atom. The number of hydrogen-bond donors (Lipinski definition) is 1. The third-order valence-electron chi connectivity index (χ3n) is 4.41. The molecule has 0 fully saturated rings. The molecule has 0 spiro atoms. The van der Waals surface area contributed by atoms with E-state index in [1.807, 2.05) is 0 Å². The lowest BCUT2D eigenvalue weighted by Crippen LogP contribution is -2.36. The molecular weight excluding hydrogens is 348 g/mol. The van der Waals surface area contributed by atoms with E-state index < -0.39 is 10.0 Å². The quantitative estimate of drug-likeness (QED) is 0.760. The molecule has 0 unspecified atom stereocenters. The minimum absolute atomic E-state index is 0.269. The Balaban J connectivity index is 1.71. The van der Waals surface area contributed by atoms with Gasteiger partial charge in [-0.15, -0.1) is 0 Å². The van der Waals surface area contributed by atoms with Crippen molar-refractivity contribution in [2.24, 2.45) is 0 Å². The minimum Gasteiger partial charge on any atom is -0.261 e. The fourth-order valence-electron chi connectivity index (χ4n) is 3.06. The second kappa shape index (κ2) is 5.54. The smallest absolute Gasteiger partial charge is 0.243 e. The molecule has 0 bridgehead atoms. The van der Waals surface area contributed by atoms with E-state index in [2.05, 4.69) is 15.2 Å². The fraction of sp³-hybridized carbons (Fsp3) is 0.250. The van der Waals surface area contributed by atoms with Crippen molar-refractivity contribution >= 4 is 32.7 Å². The Kier molecular flexibility index (Phi) is 3.59. The zero-order valence-corrected chi connectivity index (χ0v) is 14.5. The summed E-state index contributed by atoms with van der Waals surface area (Å²) in [5.74, 6) is 0. The first-order valence-corrected chi connectivity index (χ1v) is 9.35. The Hall–Kier alpha value is -1.96. The van der Waals surface area contributed by atoms with Crippen molar-refractivity contribution in [1.82, 2.24) is 19.5 Å². The van der Waals surface area contributed by atoms with Gasteiger partial charge >= 0.3 is 0 Å². The summed E-state index contributed by atoms with van der Waals surface area (Å²) in [7, 11) is -3.56. The summed E-state index contributed by atoms with van der Waals surface area (Å²) >= 11 is 6.00. The van der Waals surface area contributed by atoms with Crippen LogP contribution in [0.5, 0.6) is 0 Å². The maximum absolute atomic E-state index is 12.9. The first-order chi connectivity index (χ1) is 11.5. The van der Waals surface area contributed by atoms with Crippen LogP contribution in [0.4, 0.5) is 0 Å². The van der Waals surface area contributed by atoms with Crippen LogP contribution in [-0.2, 0) is 23.0 Å². The molecule has 4 rings (SSSR count). The van der Waals surface area contributed by atoms with Crippen LogP contribution >= 0.6 is 11.6 Å². The van der Waals surface area contributed by atoms with Gasteiger partial charge in [-0.2, -0.15) is 9.40 Å². The molecule has 1 aliphatic heterocycles. The van der Waals surface area contributed by atoms with Crippen molar-refractivity contribution in [2.45, 2.75) is 24.8 Å². The van der Waals surface area contributed by atoms with Gasteiger partial charge in [0.15, 0.2) is 5.65 Å². The van der Waals surface area contributed by atoms with E-state index >= 15 is 0 Å². The molecule has 8 heteroatoms. The maximum Gasteiger partial charge on any atom is 0.243 e. The lowest BCUT2D eigenvalue weighted by molar-refractivity contribution is 0.392. The maximum atomic E-state index is 12.9. The largest absolute Gasteiger partial charge is 0.261 e. The number of aromatic amines is 1. The lowest BCUT2D eigenvalue weighted by Gasteiger charge is -2.28. The average molecular weight is 363 g/mol. The zero-order chi connectivity index (χ0) is 16.9. The standard InChI is InChI=1S/C16H15ClN4O2S/c1-10-6-12(2-3-15(10)17)24(22,23)21-5-4-13-11(9-21)7-18-16-14(13)8-19-20-16/h2-3,6-8H,4-5,9H2,1H3,(H,18,19,20). The van der Waals surface area contributed by atoms with Gasteiger partial charge in [-0.25, -0.2) is 13.4 Å². The summed E-state index contributed by atoms with van der Waals surface area (Å²) in [5.41, 5.74) is 3.52. The van der Waals surface area contributed by atoms with E-state index in [9.17, 15) is 8.42 Å². The molecule has 0 amide bonds. The van der Waals surface area contributed by atoms with Gasteiger partial charge in [-0.05, 0) is 48.2 Å². The van der Waals surface area contributed by atoms with Gasteiger partial charge in [0.05, 0.1) is 11.1 Å². The molecule has 6 nitrogen and oxygen atoms in total. The number of nitrogens with one attached hydrogen (secondary N) is 1. The molecule has 0 saturated heterocycles. The van der Waals surface area contributed by atoms with Crippen LogP contribution in [0.15, 0.2) is 35.5 Å². The van der Waals surface area contributed by atoms with Gasteiger partial charge in [-0.1, -0.05) is 11.6 Å². The third kappa shape index (κ3) is 2.40. The van der Waals surface area contributed by atoms with Gasteiger partial charge in [0, 0.05) is 29.7 Å². The van der Waals surface area contributed by atoms with Crippen molar-refractivity contribution in [3.05, 3.63) is 52.3 Å². The molecule has 0 atom stereocenters. The third-order valence-corrected chi connectivity index (χ3v) is 6.67. The van der Waals surface area contributed by atoms with Crippen LogP contribution in [0.1, 0.15) is 16.7 Å². The van der Waals surface area contributed by atoms with Gasteiger partial charge in [0.1, 0.15) is 0 Å². The lowest BCUT2D eigenvalue weighted by atomic mass is 10.0. The molecule has 1 aromatic carbocycles. The number of pyridine rings is 1. The van der Waals surface area contributed by atoms with E-state index in [4.69, 9.17) is 11.6 Å². The van der Waals surface area contributed by atoms with Crippen molar-refractivity contribution in [1.29, 1.82) is 0 Å². The molecule has 2 aromatic heterocycles. The Morgan fingerprint density at radius 1 is 1.29 bits per heavy atom. The number of H-pyrrole nitrogens is 1. The van der Waals surface area contributed by atoms with E-state index in [0.29, 0.717) is 24.5 Å². The number of benzene rings is 1. The summed E-state index contributed by atoms with van der Waals surface area (Å²) < 4.78 is 27.3. The predicted molar refractivity (Wildman–Crippen MR) is 91.4 cm³/mol. The van der Waals surface area contributed by atoms with Gasteiger partial charge in [-0.3, -0.25) is 5.10 Å². The normalized spacial score (nSPS) is 15.6.